The number of rotatable bonds is 5. The standard InChI is InChI=1S/C12H12ClN3O3S/c1-7-15-16-12(19-7)20-6-11(17)14-8-3-4-10(18-2)9(13)5-8/h3-5H,6H2,1-2H3,(H,14,17). The highest BCUT2D eigenvalue weighted by Gasteiger charge is 2.09. The lowest BCUT2D eigenvalue weighted by molar-refractivity contribution is -0.113. The minimum Gasteiger partial charge on any atom is -0.495 e. The first kappa shape index (κ1) is 14.7. The van der Waals surface area contributed by atoms with E-state index in [2.05, 4.69) is 15.5 Å². The van der Waals surface area contributed by atoms with Gasteiger partial charge in [0.2, 0.25) is 11.8 Å². The van der Waals surface area contributed by atoms with Crippen molar-refractivity contribution in [1.29, 1.82) is 0 Å². The lowest BCUT2D eigenvalue weighted by Gasteiger charge is -2.07. The molecule has 8 heteroatoms. The highest BCUT2D eigenvalue weighted by molar-refractivity contribution is 7.99. The van der Waals surface area contributed by atoms with E-state index in [0.29, 0.717) is 27.6 Å². The quantitative estimate of drug-likeness (QED) is 0.855. The second-order valence-electron chi connectivity index (χ2n) is 3.77. The van der Waals surface area contributed by atoms with Gasteiger partial charge in [0, 0.05) is 12.6 Å². The van der Waals surface area contributed by atoms with Crippen molar-refractivity contribution in [1.82, 2.24) is 10.2 Å². The molecule has 0 fully saturated rings. The number of ether oxygens (including phenoxy) is 1. The number of methoxy groups -OCH3 is 1. The number of carbonyl (C=O) groups excluding carboxylic acids is 1. The van der Waals surface area contributed by atoms with Crippen LogP contribution >= 0.6 is 23.4 Å². The summed E-state index contributed by atoms with van der Waals surface area (Å²) >= 11 is 7.14. The molecule has 1 aromatic carbocycles. The van der Waals surface area contributed by atoms with E-state index in [1.807, 2.05) is 0 Å². The smallest absolute Gasteiger partial charge is 0.277 e. The molecule has 0 spiro atoms. The molecule has 1 heterocycles. The molecule has 1 amide bonds. The molecule has 106 valence electrons. The van der Waals surface area contributed by atoms with E-state index in [1.165, 1.54) is 18.9 Å². The molecule has 1 aromatic heterocycles. The lowest BCUT2D eigenvalue weighted by atomic mass is 10.3. The van der Waals surface area contributed by atoms with Crippen LogP contribution in [0.15, 0.2) is 27.8 Å². The number of aromatic nitrogens is 2. The number of hydrogen-bond acceptors (Lipinski definition) is 6. The second-order valence-corrected chi connectivity index (χ2v) is 5.11. The number of hydrogen-bond donors (Lipinski definition) is 1. The number of benzene rings is 1. The van der Waals surface area contributed by atoms with Gasteiger partial charge < -0.3 is 14.5 Å². The van der Waals surface area contributed by atoms with Gasteiger partial charge in [-0.25, -0.2) is 0 Å². The number of nitrogens with one attached hydrogen (secondary N) is 1. The Labute approximate surface area is 124 Å². The molecule has 0 unspecified atom stereocenters. The second kappa shape index (κ2) is 6.62. The number of nitrogens with zero attached hydrogens (tertiary/aromatic N) is 2. The zero-order chi connectivity index (χ0) is 14.5. The van der Waals surface area contributed by atoms with Gasteiger partial charge in [-0.3, -0.25) is 4.79 Å². The van der Waals surface area contributed by atoms with Gasteiger partial charge in [0.15, 0.2) is 0 Å². The highest BCUT2D eigenvalue weighted by Crippen LogP contribution is 2.27. The van der Waals surface area contributed by atoms with Crippen LogP contribution in [0, 0.1) is 6.92 Å². The van der Waals surface area contributed by atoms with E-state index in [4.69, 9.17) is 20.8 Å². The number of halogens is 1. The van der Waals surface area contributed by atoms with Crippen LogP contribution in [-0.2, 0) is 4.79 Å². The molecule has 0 bridgehead atoms. The Bertz CT molecular complexity index is 618. The van der Waals surface area contributed by atoms with Crippen LogP contribution in [-0.4, -0.2) is 29.0 Å². The third-order valence-electron chi connectivity index (χ3n) is 2.27. The van der Waals surface area contributed by atoms with Crippen molar-refractivity contribution in [2.75, 3.05) is 18.2 Å². The fourth-order valence-corrected chi connectivity index (χ4v) is 2.27. The molecular formula is C12H12ClN3O3S. The van der Waals surface area contributed by atoms with E-state index in [0.717, 1.165) is 0 Å². The van der Waals surface area contributed by atoms with E-state index in [1.54, 1.807) is 25.1 Å². The average Bonchev–Trinajstić information content (AvgIpc) is 2.82. The van der Waals surface area contributed by atoms with Crippen molar-refractivity contribution < 1.29 is 13.9 Å². The number of anilines is 1. The van der Waals surface area contributed by atoms with Crippen molar-refractivity contribution in [3.8, 4) is 5.75 Å². The Kier molecular flexibility index (Phi) is 4.86. The van der Waals surface area contributed by atoms with E-state index in [9.17, 15) is 4.79 Å². The summed E-state index contributed by atoms with van der Waals surface area (Å²) in [6.45, 7) is 1.69. The topological polar surface area (TPSA) is 77.2 Å². The van der Waals surface area contributed by atoms with E-state index in [-0.39, 0.29) is 11.7 Å². The van der Waals surface area contributed by atoms with Crippen LogP contribution in [0.1, 0.15) is 5.89 Å². The van der Waals surface area contributed by atoms with Crippen molar-refractivity contribution >= 4 is 35.0 Å². The van der Waals surface area contributed by atoms with Crippen LogP contribution in [0.2, 0.25) is 5.02 Å². The Morgan fingerprint density at radius 3 is 2.90 bits per heavy atom. The molecule has 2 rings (SSSR count). The molecule has 0 aliphatic heterocycles. The molecule has 0 aliphatic carbocycles. The zero-order valence-corrected chi connectivity index (χ0v) is 12.4. The van der Waals surface area contributed by atoms with Crippen LogP contribution in [0.4, 0.5) is 5.69 Å². The van der Waals surface area contributed by atoms with Crippen LogP contribution in [0.3, 0.4) is 0 Å². The Morgan fingerprint density at radius 1 is 1.50 bits per heavy atom. The molecular weight excluding hydrogens is 302 g/mol. The lowest BCUT2D eigenvalue weighted by Crippen LogP contribution is -2.14. The minimum absolute atomic E-state index is 0.172. The predicted molar refractivity (Wildman–Crippen MR) is 76.4 cm³/mol. The average molecular weight is 314 g/mol. The van der Waals surface area contributed by atoms with Crippen molar-refractivity contribution in [3.05, 3.63) is 29.1 Å². The normalized spacial score (nSPS) is 10.3. The molecule has 2 aromatic rings. The molecule has 0 aliphatic rings. The first-order valence-corrected chi connectivity index (χ1v) is 7.01. The minimum atomic E-state index is -0.188. The fourth-order valence-electron chi connectivity index (χ4n) is 1.41. The van der Waals surface area contributed by atoms with Gasteiger partial charge in [0.25, 0.3) is 5.22 Å². The summed E-state index contributed by atoms with van der Waals surface area (Å²) in [5.41, 5.74) is 0.600. The van der Waals surface area contributed by atoms with Gasteiger partial charge in [-0.2, -0.15) is 0 Å². The van der Waals surface area contributed by atoms with Crippen molar-refractivity contribution in [3.63, 3.8) is 0 Å². The summed E-state index contributed by atoms with van der Waals surface area (Å²) in [4.78, 5) is 11.8. The maximum atomic E-state index is 11.8. The Morgan fingerprint density at radius 2 is 2.30 bits per heavy atom. The first-order chi connectivity index (χ1) is 9.58. The maximum Gasteiger partial charge on any atom is 0.277 e. The fraction of sp³-hybridized carbons (Fsp3) is 0.250. The highest BCUT2D eigenvalue weighted by atomic mass is 35.5. The summed E-state index contributed by atoms with van der Waals surface area (Å²) in [5.74, 6) is 1.01. The van der Waals surface area contributed by atoms with Gasteiger partial charge in [-0.05, 0) is 18.2 Å². The summed E-state index contributed by atoms with van der Waals surface area (Å²) in [7, 11) is 1.53. The molecule has 20 heavy (non-hydrogen) atoms. The van der Waals surface area contributed by atoms with Crippen molar-refractivity contribution in [2.24, 2.45) is 0 Å². The van der Waals surface area contributed by atoms with Crippen LogP contribution in [0.5, 0.6) is 5.75 Å². The number of carbonyl (C=O) groups is 1. The summed E-state index contributed by atoms with van der Waals surface area (Å²) in [6, 6.07) is 5.02. The largest absolute Gasteiger partial charge is 0.495 e. The molecule has 1 N–H and O–H groups in total. The third-order valence-corrected chi connectivity index (χ3v) is 3.38. The zero-order valence-electron chi connectivity index (χ0n) is 10.8. The van der Waals surface area contributed by atoms with E-state index >= 15 is 0 Å². The van der Waals surface area contributed by atoms with Gasteiger partial charge in [0.1, 0.15) is 5.75 Å². The number of amides is 1. The summed E-state index contributed by atoms with van der Waals surface area (Å²) in [5, 5.41) is 11.0. The van der Waals surface area contributed by atoms with Crippen LogP contribution < -0.4 is 10.1 Å². The van der Waals surface area contributed by atoms with Gasteiger partial charge in [0.05, 0.1) is 17.9 Å². The molecule has 6 nitrogen and oxygen atoms in total. The molecule has 0 atom stereocenters. The maximum absolute atomic E-state index is 11.8. The van der Waals surface area contributed by atoms with Gasteiger partial charge in [-0.15, -0.1) is 10.2 Å². The third kappa shape index (κ3) is 3.88. The Balaban J connectivity index is 1.89. The van der Waals surface area contributed by atoms with E-state index < -0.39 is 0 Å². The molecule has 0 radical (unpaired) electrons. The summed E-state index contributed by atoms with van der Waals surface area (Å²) in [6.07, 6.45) is 0. The number of aryl methyl sites for hydroxylation is 1. The monoisotopic (exact) mass is 313 g/mol. The Hall–Kier alpha value is -1.73. The first-order valence-electron chi connectivity index (χ1n) is 5.65. The number of thioether (sulfide) groups is 1. The van der Waals surface area contributed by atoms with Gasteiger partial charge >= 0.3 is 0 Å². The van der Waals surface area contributed by atoms with Crippen LogP contribution in [0.25, 0.3) is 0 Å². The van der Waals surface area contributed by atoms with Gasteiger partial charge in [-0.1, -0.05) is 23.4 Å². The summed E-state index contributed by atoms with van der Waals surface area (Å²) < 4.78 is 10.2. The molecule has 0 saturated heterocycles. The predicted octanol–water partition coefficient (Wildman–Crippen LogP) is 2.77. The SMILES string of the molecule is COc1ccc(NC(=O)CSc2nnc(C)o2)cc1Cl. The van der Waals surface area contributed by atoms with Crippen molar-refractivity contribution in [2.45, 2.75) is 12.1 Å². The molecule has 0 saturated carbocycles.